The summed E-state index contributed by atoms with van der Waals surface area (Å²) >= 11 is 2.05. The van der Waals surface area contributed by atoms with E-state index in [1.54, 1.807) is 12.1 Å². The molecular formula is C9H6F2INO. The van der Waals surface area contributed by atoms with Gasteiger partial charge in [0.2, 0.25) is 5.88 Å². The summed E-state index contributed by atoms with van der Waals surface area (Å²) in [6.45, 7) is -2.80. The van der Waals surface area contributed by atoms with Gasteiger partial charge in [0, 0.05) is 10.8 Å². The first-order valence-corrected chi connectivity index (χ1v) is 4.97. The standard InChI is InChI=1S/C9H6F2INO/c10-9(11)14-8-6-4-2-1-3-5(6)7(12)13-8/h1-4,9,13H. The number of ether oxygens (including phenoxy) is 1. The summed E-state index contributed by atoms with van der Waals surface area (Å²) in [5.41, 5.74) is 0. The highest BCUT2D eigenvalue weighted by atomic mass is 127. The third-order valence-electron chi connectivity index (χ3n) is 1.84. The Bertz CT molecular complexity index is 455. The van der Waals surface area contributed by atoms with Gasteiger partial charge in [0.05, 0.1) is 3.70 Å². The van der Waals surface area contributed by atoms with Crippen LogP contribution in [0.4, 0.5) is 8.78 Å². The molecule has 0 bridgehead atoms. The Hall–Kier alpha value is -0.850. The second-order valence-electron chi connectivity index (χ2n) is 2.69. The molecule has 2 nitrogen and oxygen atoms in total. The number of alkyl halides is 2. The molecule has 0 saturated carbocycles. The van der Waals surface area contributed by atoms with Gasteiger partial charge in [-0.2, -0.15) is 8.78 Å². The molecule has 0 saturated heterocycles. The zero-order valence-electron chi connectivity index (χ0n) is 6.93. The highest BCUT2D eigenvalue weighted by molar-refractivity contribution is 14.1. The molecule has 0 spiro atoms. The first kappa shape index (κ1) is 9.70. The summed E-state index contributed by atoms with van der Waals surface area (Å²) in [5, 5.41) is 1.57. The van der Waals surface area contributed by atoms with Gasteiger partial charge in [-0.25, -0.2) is 0 Å². The van der Waals surface area contributed by atoms with E-state index in [2.05, 4.69) is 9.72 Å². The summed E-state index contributed by atoms with van der Waals surface area (Å²) in [7, 11) is 0. The summed E-state index contributed by atoms with van der Waals surface area (Å²) in [4.78, 5) is 2.77. The van der Waals surface area contributed by atoms with Crippen molar-refractivity contribution in [2.45, 2.75) is 6.61 Å². The lowest BCUT2D eigenvalue weighted by atomic mass is 10.2. The number of benzene rings is 1. The van der Waals surface area contributed by atoms with E-state index in [-0.39, 0.29) is 5.88 Å². The van der Waals surface area contributed by atoms with E-state index in [1.165, 1.54) is 0 Å². The molecule has 0 radical (unpaired) electrons. The van der Waals surface area contributed by atoms with Crippen molar-refractivity contribution in [2.24, 2.45) is 0 Å². The van der Waals surface area contributed by atoms with Crippen molar-refractivity contribution in [3.05, 3.63) is 28.0 Å². The maximum atomic E-state index is 12.0. The van der Waals surface area contributed by atoms with Gasteiger partial charge in [-0.05, 0) is 28.7 Å². The van der Waals surface area contributed by atoms with E-state index < -0.39 is 6.61 Å². The molecule has 5 heteroatoms. The maximum absolute atomic E-state index is 12.0. The first-order chi connectivity index (χ1) is 6.68. The SMILES string of the molecule is FC(F)Oc1[nH]c(I)c2ccccc12. The molecule has 0 aliphatic heterocycles. The summed E-state index contributed by atoms with van der Waals surface area (Å²) < 4.78 is 29.2. The zero-order valence-corrected chi connectivity index (χ0v) is 9.09. The third-order valence-corrected chi connectivity index (χ3v) is 2.69. The van der Waals surface area contributed by atoms with Crippen molar-refractivity contribution in [2.75, 3.05) is 0 Å². The van der Waals surface area contributed by atoms with Crippen LogP contribution in [0.3, 0.4) is 0 Å². The van der Waals surface area contributed by atoms with Gasteiger partial charge >= 0.3 is 6.61 Å². The second kappa shape index (κ2) is 3.72. The predicted octanol–water partition coefficient (Wildman–Crippen LogP) is 3.37. The summed E-state index contributed by atoms with van der Waals surface area (Å²) in [6.07, 6.45) is 0. The minimum Gasteiger partial charge on any atom is -0.418 e. The Morgan fingerprint density at radius 1 is 1.21 bits per heavy atom. The van der Waals surface area contributed by atoms with Crippen molar-refractivity contribution >= 4 is 33.4 Å². The summed E-state index contributed by atoms with van der Waals surface area (Å²) in [5.74, 6) is 0.125. The molecule has 1 heterocycles. The third kappa shape index (κ3) is 1.68. The van der Waals surface area contributed by atoms with Crippen LogP contribution in [0.25, 0.3) is 10.8 Å². The topological polar surface area (TPSA) is 25.0 Å². The molecule has 0 atom stereocenters. The number of aromatic amines is 1. The number of fused-ring (bicyclic) bond motifs is 1. The molecule has 0 unspecified atom stereocenters. The average Bonchev–Trinajstić information content (AvgIpc) is 2.44. The van der Waals surface area contributed by atoms with Crippen LogP contribution in [0.5, 0.6) is 5.88 Å². The van der Waals surface area contributed by atoms with Gasteiger partial charge in [0.15, 0.2) is 0 Å². The van der Waals surface area contributed by atoms with E-state index >= 15 is 0 Å². The van der Waals surface area contributed by atoms with E-state index in [0.717, 1.165) is 9.09 Å². The van der Waals surface area contributed by atoms with Crippen LogP contribution in [0.15, 0.2) is 24.3 Å². The van der Waals surface area contributed by atoms with Gasteiger partial charge in [0.25, 0.3) is 0 Å². The molecule has 0 aliphatic rings. The molecule has 74 valence electrons. The van der Waals surface area contributed by atoms with Crippen molar-refractivity contribution in [1.29, 1.82) is 0 Å². The van der Waals surface area contributed by atoms with Crippen LogP contribution >= 0.6 is 22.6 Å². The van der Waals surface area contributed by atoms with E-state index in [0.29, 0.717) is 5.39 Å². The predicted molar refractivity (Wildman–Crippen MR) is 57.6 cm³/mol. The fourth-order valence-electron chi connectivity index (χ4n) is 1.29. The van der Waals surface area contributed by atoms with Gasteiger partial charge < -0.3 is 9.72 Å². The van der Waals surface area contributed by atoms with E-state index in [1.807, 2.05) is 34.7 Å². The van der Waals surface area contributed by atoms with Crippen molar-refractivity contribution in [3.8, 4) is 5.88 Å². The summed E-state index contributed by atoms with van der Waals surface area (Å²) in [6, 6.07) is 7.23. The number of hydrogen-bond donors (Lipinski definition) is 1. The van der Waals surface area contributed by atoms with Crippen LogP contribution in [0.2, 0.25) is 0 Å². The normalized spacial score (nSPS) is 11.1. The highest BCUT2D eigenvalue weighted by Crippen LogP contribution is 2.29. The molecule has 2 rings (SSSR count). The Labute approximate surface area is 92.4 Å². The monoisotopic (exact) mass is 309 g/mol. The second-order valence-corrected chi connectivity index (χ2v) is 3.77. The molecule has 0 amide bonds. The quantitative estimate of drug-likeness (QED) is 0.845. The molecule has 0 fully saturated rings. The Morgan fingerprint density at radius 3 is 2.50 bits per heavy atom. The molecule has 1 aromatic carbocycles. The van der Waals surface area contributed by atoms with E-state index in [9.17, 15) is 8.78 Å². The molecule has 1 aromatic heterocycles. The van der Waals surface area contributed by atoms with Crippen molar-refractivity contribution in [1.82, 2.24) is 4.98 Å². The average molecular weight is 309 g/mol. The number of nitrogens with one attached hydrogen (secondary N) is 1. The van der Waals surface area contributed by atoms with Crippen LogP contribution < -0.4 is 4.74 Å². The highest BCUT2D eigenvalue weighted by Gasteiger charge is 2.12. The van der Waals surface area contributed by atoms with Gasteiger partial charge in [-0.1, -0.05) is 18.2 Å². The molecule has 2 aromatic rings. The molecule has 0 aliphatic carbocycles. The fourth-order valence-corrected chi connectivity index (χ4v) is 2.00. The maximum Gasteiger partial charge on any atom is 0.388 e. The van der Waals surface area contributed by atoms with E-state index in [4.69, 9.17) is 0 Å². The van der Waals surface area contributed by atoms with Crippen molar-refractivity contribution in [3.63, 3.8) is 0 Å². The van der Waals surface area contributed by atoms with Crippen LogP contribution in [0, 0.1) is 3.70 Å². The lowest BCUT2D eigenvalue weighted by Gasteiger charge is -2.00. The minimum atomic E-state index is -2.80. The number of halogens is 3. The Kier molecular flexibility index (Phi) is 2.58. The Balaban J connectivity index is 2.55. The van der Waals surface area contributed by atoms with Crippen LogP contribution in [-0.4, -0.2) is 11.6 Å². The van der Waals surface area contributed by atoms with Gasteiger partial charge in [-0.3, -0.25) is 0 Å². The largest absolute Gasteiger partial charge is 0.418 e. The zero-order chi connectivity index (χ0) is 10.1. The number of hydrogen-bond acceptors (Lipinski definition) is 1. The lowest BCUT2D eigenvalue weighted by molar-refractivity contribution is -0.0515. The minimum absolute atomic E-state index is 0.125. The Morgan fingerprint density at radius 2 is 1.86 bits per heavy atom. The molecule has 1 N–H and O–H groups in total. The number of aromatic nitrogens is 1. The number of H-pyrrole nitrogens is 1. The number of rotatable bonds is 2. The fraction of sp³-hybridized carbons (Fsp3) is 0.111. The lowest BCUT2D eigenvalue weighted by Crippen LogP contribution is -2.02. The van der Waals surface area contributed by atoms with Crippen LogP contribution in [0.1, 0.15) is 0 Å². The smallest absolute Gasteiger partial charge is 0.388 e. The van der Waals surface area contributed by atoms with Gasteiger partial charge in [-0.15, -0.1) is 0 Å². The van der Waals surface area contributed by atoms with Crippen LogP contribution in [-0.2, 0) is 0 Å². The first-order valence-electron chi connectivity index (χ1n) is 3.89. The van der Waals surface area contributed by atoms with Gasteiger partial charge in [0.1, 0.15) is 0 Å². The molecule has 14 heavy (non-hydrogen) atoms. The van der Waals surface area contributed by atoms with Crippen molar-refractivity contribution < 1.29 is 13.5 Å². The molecular weight excluding hydrogens is 303 g/mol.